The highest BCUT2D eigenvalue weighted by molar-refractivity contribution is 7.91. The molecule has 0 saturated heterocycles. The van der Waals surface area contributed by atoms with Gasteiger partial charge in [0, 0.05) is 25.2 Å². The Morgan fingerprint density at radius 2 is 1.86 bits per heavy atom. The third-order valence-electron chi connectivity index (χ3n) is 4.63. The molecule has 0 saturated carbocycles. The minimum atomic E-state index is -3.70. The minimum Gasteiger partial charge on any atom is -0.482 e. The highest BCUT2D eigenvalue weighted by atomic mass is 32.2. The Morgan fingerprint density at radius 3 is 2.54 bits per heavy atom. The number of nitrogens with one attached hydrogen (secondary N) is 1. The molecule has 2 amide bonds. The first kappa shape index (κ1) is 19.9. The largest absolute Gasteiger partial charge is 0.482 e. The van der Waals surface area contributed by atoms with Crippen LogP contribution < -0.4 is 15.0 Å². The van der Waals surface area contributed by atoms with Crippen molar-refractivity contribution >= 4 is 33.0 Å². The molecule has 3 rings (SSSR count). The molecule has 148 valence electrons. The molecule has 0 aromatic heterocycles. The van der Waals surface area contributed by atoms with Gasteiger partial charge < -0.3 is 15.0 Å². The van der Waals surface area contributed by atoms with Crippen molar-refractivity contribution in [3.05, 3.63) is 47.5 Å². The predicted molar refractivity (Wildman–Crippen MR) is 107 cm³/mol. The summed E-state index contributed by atoms with van der Waals surface area (Å²) in [5, 5.41) is 2.65. The topological polar surface area (TPSA) is 92.8 Å². The number of aryl methyl sites for hydroxylation is 2. The lowest BCUT2D eigenvalue weighted by Crippen LogP contribution is -2.28. The molecule has 2 aromatic carbocycles. The van der Waals surface area contributed by atoms with Crippen molar-refractivity contribution in [3.63, 3.8) is 0 Å². The first-order chi connectivity index (χ1) is 13.2. The van der Waals surface area contributed by atoms with E-state index in [2.05, 4.69) is 5.32 Å². The Hall–Kier alpha value is -2.87. The fraction of sp³-hybridized carbons (Fsp3) is 0.300. The van der Waals surface area contributed by atoms with Crippen molar-refractivity contribution in [3.8, 4) is 5.75 Å². The second-order valence-corrected chi connectivity index (χ2v) is 8.89. The van der Waals surface area contributed by atoms with Gasteiger partial charge in [-0.2, -0.15) is 0 Å². The quantitative estimate of drug-likeness (QED) is 0.829. The molecule has 1 heterocycles. The summed E-state index contributed by atoms with van der Waals surface area (Å²) in [5.74, 6) is -0.570. The van der Waals surface area contributed by atoms with Gasteiger partial charge in [0.1, 0.15) is 5.75 Å². The van der Waals surface area contributed by atoms with Crippen LogP contribution in [0.1, 0.15) is 17.5 Å². The van der Waals surface area contributed by atoms with Gasteiger partial charge in [0.15, 0.2) is 16.4 Å². The molecule has 0 spiro atoms. The van der Waals surface area contributed by atoms with Crippen LogP contribution in [0.3, 0.4) is 0 Å². The molecular weight excluding hydrogens is 380 g/mol. The minimum absolute atomic E-state index is 0.105. The Balaban J connectivity index is 1.74. The summed E-state index contributed by atoms with van der Waals surface area (Å²) in [7, 11) is -2.07. The zero-order valence-corrected chi connectivity index (χ0v) is 16.8. The molecule has 0 atom stereocenters. The molecule has 0 radical (unpaired) electrons. The summed E-state index contributed by atoms with van der Waals surface area (Å²) < 4.78 is 30.9. The lowest BCUT2D eigenvalue weighted by Gasteiger charge is -2.20. The van der Waals surface area contributed by atoms with Gasteiger partial charge in [-0.25, -0.2) is 8.42 Å². The Kier molecular flexibility index (Phi) is 5.42. The summed E-state index contributed by atoms with van der Waals surface area (Å²) in [4.78, 5) is 25.4. The summed E-state index contributed by atoms with van der Waals surface area (Å²) in [6, 6.07) is 10.4. The standard InChI is InChI=1S/C20H22N2O5S/c1-13-4-6-15(7-5-13)22(3)20(24)8-9-28(25,26)18-11-17-16(10-14(18)2)21-19(23)12-27-17/h4-7,10-11H,8-9,12H2,1-3H3,(H,21,23). The number of nitrogens with zero attached hydrogens (tertiary/aromatic N) is 1. The maximum atomic E-state index is 12.8. The molecule has 1 N–H and O–H groups in total. The van der Waals surface area contributed by atoms with Gasteiger partial charge in [-0.15, -0.1) is 0 Å². The number of ether oxygens (including phenoxy) is 1. The van der Waals surface area contributed by atoms with E-state index in [1.165, 1.54) is 11.0 Å². The van der Waals surface area contributed by atoms with Crippen LogP contribution in [-0.2, 0) is 19.4 Å². The molecule has 2 aromatic rings. The average Bonchev–Trinajstić information content (AvgIpc) is 2.65. The number of amides is 2. The SMILES string of the molecule is Cc1ccc(N(C)C(=O)CCS(=O)(=O)c2cc3c(cc2C)NC(=O)CO3)cc1. The number of benzene rings is 2. The zero-order chi connectivity index (χ0) is 20.5. The Morgan fingerprint density at radius 1 is 1.18 bits per heavy atom. The smallest absolute Gasteiger partial charge is 0.262 e. The van der Waals surface area contributed by atoms with Crippen LogP contribution in [0.15, 0.2) is 41.3 Å². The maximum absolute atomic E-state index is 12.8. The van der Waals surface area contributed by atoms with Gasteiger partial charge in [0.25, 0.3) is 5.91 Å². The number of carbonyl (C=O) groups excluding carboxylic acids is 2. The summed E-state index contributed by atoms with van der Waals surface area (Å²) in [5.41, 5.74) is 2.72. The molecule has 7 nitrogen and oxygen atoms in total. The van der Waals surface area contributed by atoms with Crippen molar-refractivity contribution in [1.82, 2.24) is 0 Å². The zero-order valence-electron chi connectivity index (χ0n) is 16.0. The lowest BCUT2D eigenvalue weighted by atomic mass is 10.2. The number of fused-ring (bicyclic) bond motifs is 1. The Bertz CT molecular complexity index is 1030. The Labute approximate surface area is 164 Å². The van der Waals surface area contributed by atoms with Crippen LogP contribution >= 0.6 is 0 Å². The summed E-state index contributed by atoms with van der Waals surface area (Å²) >= 11 is 0. The molecule has 0 fully saturated rings. The van der Waals surface area contributed by atoms with E-state index in [1.54, 1.807) is 20.0 Å². The molecular formula is C20H22N2O5S. The highest BCUT2D eigenvalue weighted by Crippen LogP contribution is 2.33. The maximum Gasteiger partial charge on any atom is 0.262 e. The first-order valence-corrected chi connectivity index (χ1v) is 10.5. The second kappa shape index (κ2) is 7.63. The van der Waals surface area contributed by atoms with Gasteiger partial charge in [-0.1, -0.05) is 17.7 Å². The van der Waals surface area contributed by atoms with Crippen molar-refractivity contribution in [2.75, 3.05) is 29.6 Å². The number of hydrogen-bond donors (Lipinski definition) is 1. The van der Waals surface area contributed by atoms with Gasteiger partial charge in [-0.05, 0) is 37.6 Å². The normalized spacial score (nSPS) is 13.3. The first-order valence-electron chi connectivity index (χ1n) is 8.80. The van der Waals surface area contributed by atoms with Gasteiger partial charge in [0.05, 0.1) is 16.3 Å². The van der Waals surface area contributed by atoms with Gasteiger partial charge in [0.2, 0.25) is 5.91 Å². The van der Waals surface area contributed by atoms with E-state index in [4.69, 9.17) is 4.74 Å². The second-order valence-electron chi connectivity index (χ2n) is 6.81. The van der Waals surface area contributed by atoms with Gasteiger partial charge in [-0.3, -0.25) is 9.59 Å². The van der Waals surface area contributed by atoms with Crippen molar-refractivity contribution in [2.24, 2.45) is 0 Å². The van der Waals surface area contributed by atoms with Crippen LogP contribution in [0, 0.1) is 13.8 Å². The molecule has 1 aliphatic heterocycles. The van der Waals surface area contributed by atoms with E-state index in [0.29, 0.717) is 22.7 Å². The molecule has 0 unspecified atom stereocenters. The van der Waals surface area contributed by atoms with Crippen LogP contribution in [0.2, 0.25) is 0 Å². The lowest BCUT2D eigenvalue weighted by molar-refractivity contribution is -0.119. The summed E-state index contributed by atoms with van der Waals surface area (Å²) in [6.45, 7) is 3.44. The highest BCUT2D eigenvalue weighted by Gasteiger charge is 2.25. The van der Waals surface area contributed by atoms with Crippen molar-refractivity contribution < 1.29 is 22.7 Å². The number of sulfone groups is 1. The molecule has 1 aliphatic rings. The molecule has 0 aliphatic carbocycles. The van der Waals surface area contributed by atoms with E-state index >= 15 is 0 Å². The van der Waals surface area contributed by atoms with E-state index in [0.717, 1.165) is 5.56 Å². The summed E-state index contributed by atoms with van der Waals surface area (Å²) in [6.07, 6.45) is -0.138. The fourth-order valence-corrected chi connectivity index (χ4v) is 4.46. The number of carbonyl (C=O) groups is 2. The van der Waals surface area contributed by atoms with Crippen LogP contribution in [0.25, 0.3) is 0 Å². The van der Waals surface area contributed by atoms with E-state index in [9.17, 15) is 18.0 Å². The van der Waals surface area contributed by atoms with Crippen molar-refractivity contribution in [1.29, 1.82) is 0 Å². The third kappa shape index (κ3) is 4.17. The number of anilines is 2. The van der Waals surface area contributed by atoms with E-state index < -0.39 is 9.84 Å². The van der Waals surface area contributed by atoms with Crippen LogP contribution in [0.5, 0.6) is 5.75 Å². The molecule has 28 heavy (non-hydrogen) atoms. The molecule has 0 bridgehead atoms. The average molecular weight is 402 g/mol. The van der Waals surface area contributed by atoms with Crippen molar-refractivity contribution in [2.45, 2.75) is 25.2 Å². The number of hydrogen-bond acceptors (Lipinski definition) is 5. The number of rotatable bonds is 5. The predicted octanol–water partition coefficient (Wildman–Crippen LogP) is 2.46. The van der Waals surface area contributed by atoms with E-state index in [-0.39, 0.29) is 35.5 Å². The molecule has 8 heteroatoms. The third-order valence-corrected chi connectivity index (χ3v) is 6.48. The van der Waals surface area contributed by atoms with E-state index in [1.807, 2.05) is 31.2 Å². The fourth-order valence-electron chi connectivity index (χ4n) is 2.96. The van der Waals surface area contributed by atoms with Crippen LogP contribution in [0.4, 0.5) is 11.4 Å². The van der Waals surface area contributed by atoms with Gasteiger partial charge >= 0.3 is 0 Å². The monoisotopic (exact) mass is 402 g/mol. The van der Waals surface area contributed by atoms with Crippen LogP contribution in [-0.4, -0.2) is 39.6 Å².